The van der Waals surface area contributed by atoms with Crippen LogP contribution < -0.4 is 10.6 Å². The number of nitrogens with zero attached hydrogens (tertiary/aromatic N) is 2. The van der Waals surface area contributed by atoms with Gasteiger partial charge in [0.25, 0.3) is 0 Å². The van der Waals surface area contributed by atoms with Crippen LogP contribution in [0.4, 0.5) is 0 Å². The van der Waals surface area contributed by atoms with E-state index in [1.54, 1.807) is 0 Å². The third-order valence-corrected chi connectivity index (χ3v) is 7.67. The van der Waals surface area contributed by atoms with Crippen molar-refractivity contribution in [3.05, 3.63) is 71.8 Å². The van der Waals surface area contributed by atoms with Crippen LogP contribution in [0.5, 0.6) is 0 Å². The maximum atomic E-state index is 12.7. The fourth-order valence-corrected chi connectivity index (χ4v) is 4.99. The average molecular weight is 669 g/mol. The Bertz CT molecular complexity index is 1220. The number of hydroxylamine groups is 4. The minimum atomic E-state index is -1.68. The van der Waals surface area contributed by atoms with Crippen molar-refractivity contribution < 1.29 is 43.1 Å². The zero-order valence-electron chi connectivity index (χ0n) is 27.9. The topological polar surface area (TPSA) is 153 Å². The zero-order valence-corrected chi connectivity index (χ0v) is 27.9. The highest BCUT2D eigenvalue weighted by molar-refractivity contribution is 5.93. The van der Waals surface area contributed by atoms with Crippen molar-refractivity contribution in [1.82, 2.24) is 20.8 Å². The molecule has 0 atom stereocenters. The Hall–Kier alpha value is -4.33. The van der Waals surface area contributed by atoms with Crippen molar-refractivity contribution in [2.45, 2.75) is 84.0 Å². The van der Waals surface area contributed by atoms with Crippen LogP contribution in [0.3, 0.4) is 0 Å². The van der Waals surface area contributed by atoms with Gasteiger partial charge < -0.3 is 20.1 Å². The normalized spacial score (nSPS) is 13.4. The lowest BCUT2D eigenvalue weighted by Gasteiger charge is -2.23. The van der Waals surface area contributed by atoms with Gasteiger partial charge in [0.15, 0.2) is 12.4 Å². The Labute approximate surface area is 282 Å². The molecular formula is C35H48N4O9. The molecule has 3 rings (SSSR count). The number of carbonyl (C=O) groups is 5. The van der Waals surface area contributed by atoms with E-state index >= 15 is 0 Å². The first-order valence-corrected chi connectivity index (χ1v) is 16.4. The highest BCUT2D eigenvalue weighted by Gasteiger charge is 2.49. The van der Waals surface area contributed by atoms with Crippen LogP contribution in [-0.4, -0.2) is 78.3 Å². The second-order valence-electron chi connectivity index (χ2n) is 11.6. The molecule has 48 heavy (non-hydrogen) atoms. The lowest BCUT2D eigenvalue weighted by Crippen LogP contribution is -2.46. The lowest BCUT2D eigenvalue weighted by molar-refractivity contribution is -0.189. The van der Waals surface area contributed by atoms with Gasteiger partial charge >= 0.3 is 5.97 Å². The number of carbonyl (C=O) groups excluding carboxylic acids is 5. The first-order valence-electron chi connectivity index (χ1n) is 16.4. The molecular weight excluding hydrogens is 620 g/mol. The molecule has 2 aromatic carbocycles. The van der Waals surface area contributed by atoms with E-state index in [0.29, 0.717) is 65.1 Å². The van der Waals surface area contributed by atoms with Crippen LogP contribution in [0.25, 0.3) is 0 Å². The summed E-state index contributed by atoms with van der Waals surface area (Å²) in [5.74, 6) is -1.96. The van der Waals surface area contributed by atoms with Gasteiger partial charge in [-0.2, -0.15) is 0 Å². The molecule has 1 heterocycles. The van der Waals surface area contributed by atoms with Crippen molar-refractivity contribution in [3.8, 4) is 0 Å². The summed E-state index contributed by atoms with van der Waals surface area (Å²) < 4.78 is 10.5. The van der Waals surface area contributed by atoms with E-state index in [1.165, 1.54) is 24.0 Å². The molecule has 1 aliphatic heterocycles. The van der Waals surface area contributed by atoms with E-state index in [2.05, 4.69) is 10.6 Å². The molecule has 0 radical (unpaired) electrons. The summed E-state index contributed by atoms with van der Waals surface area (Å²) in [5.41, 5.74) is 0.254. The van der Waals surface area contributed by atoms with E-state index in [9.17, 15) is 24.0 Å². The number of unbranched alkanes of at least 4 members (excludes halogenated alkanes) is 4. The van der Waals surface area contributed by atoms with E-state index in [1.807, 2.05) is 60.7 Å². The fourth-order valence-electron chi connectivity index (χ4n) is 4.99. The number of cyclic esters (lactones) is 1. The largest absolute Gasteiger partial charge is 0.436 e. The molecule has 2 N–H and O–H groups in total. The minimum absolute atomic E-state index is 0.182. The predicted molar refractivity (Wildman–Crippen MR) is 175 cm³/mol. The molecule has 13 nitrogen and oxygen atoms in total. The minimum Gasteiger partial charge on any atom is -0.436 e. The smallest absolute Gasteiger partial charge is 0.341 e. The molecule has 4 amide bonds. The summed E-state index contributed by atoms with van der Waals surface area (Å²) in [4.78, 5) is 73.1. The van der Waals surface area contributed by atoms with Crippen molar-refractivity contribution in [1.29, 1.82) is 0 Å². The monoisotopic (exact) mass is 668 g/mol. The van der Waals surface area contributed by atoms with E-state index < -0.39 is 23.4 Å². The molecule has 0 aromatic heterocycles. The molecule has 1 saturated heterocycles. The first kappa shape index (κ1) is 38.1. The summed E-state index contributed by atoms with van der Waals surface area (Å²) in [7, 11) is 0. The van der Waals surface area contributed by atoms with Gasteiger partial charge in [0.1, 0.15) is 13.2 Å². The van der Waals surface area contributed by atoms with Gasteiger partial charge in [-0.3, -0.25) is 28.9 Å². The Balaban J connectivity index is 1.29. The SMILES string of the molecule is CC(=O)N(CCCCCNC(=O)CC1(CC(=O)NCCCCCN(OCc2ccccc2)C(C)=O)OCOC1=O)OCc1ccccc1. The number of hydrogen-bond donors (Lipinski definition) is 2. The Morgan fingerprint density at radius 3 is 1.50 bits per heavy atom. The number of hydrogen-bond acceptors (Lipinski definition) is 9. The van der Waals surface area contributed by atoms with Crippen molar-refractivity contribution in [2.24, 2.45) is 0 Å². The number of rotatable bonds is 22. The quantitative estimate of drug-likeness (QED) is 0.109. The van der Waals surface area contributed by atoms with Crippen molar-refractivity contribution >= 4 is 29.6 Å². The molecule has 2 aromatic rings. The van der Waals surface area contributed by atoms with Gasteiger partial charge in [-0.25, -0.2) is 14.9 Å². The highest BCUT2D eigenvalue weighted by atomic mass is 16.7. The van der Waals surface area contributed by atoms with Gasteiger partial charge in [0.2, 0.25) is 23.6 Å². The third-order valence-electron chi connectivity index (χ3n) is 7.67. The van der Waals surface area contributed by atoms with Crippen LogP contribution in [0, 0.1) is 0 Å². The third kappa shape index (κ3) is 13.8. The van der Waals surface area contributed by atoms with Gasteiger partial charge in [0, 0.05) is 40.0 Å². The Morgan fingerprint density at radius 1 is 0.688 bits per heavy atom. The van der Waals surface area contributed by atoms with Gasteiger partial charge in [-0.1, -0.05) is 60.7 Å². The number of esters is 1. The first-order chi connectivity index (χ1) is 23.2. The summed E-state index contributed by atoms with van der Waals surface area (Å²) in [6.45, 7) is 4.75. The molecule has 0 unspecified atom stereocenters. The standard InChI is InChI=1S/C35H48N4O9/c1-28(40)38(47-25-30-15-7-3-8-16-30)21-13-5-11-19-36-32(42)23-35(34(44)45-27-46-35)24-33(43)37-20-12-6-14-22-39(29(2)41)48-26-31-17-9-4-10-18-31/h3-4,7-10,15-18H,5-6,11-14,19-27H2,1-2H3,(H,36,42)(H,37,43). The molecule has 1 fully saturated rings. The average Bonchev–Trinajstić information content (AvgIpc) is 3.41. The zero-order chi connectivity index (χ0) is 34.6. The van der Waals surface area contributed by atoms with Gasteiger partial charge in [-0.05, 0) is 49.7 Å². The van der Waals surface area contributed by atoms with Crippen molar-refractivity contribution in [3.63, 3.8) is 0 Å². The molecule has 0 saturated carbocycles. The number of ether oxygens (including phenoxy) is 2. The lowest BCUT2D eigenvalue weighted by atomic mass is 9.94. The Kier molecular flexibility index (Phi) is 16.5. The van der Waals surface area contributed by atoms with Crippen LogP contribution in [0.2, 0.25) is 0 Å². The number of amides is 4. The van der Waals surface area contributed by atoms with Crippen LogP contribution in [-0.2, 0) is 56.3 Å². The van der Waals surface area contributed by atoms with Gasteiger partial charge in [-0.15, -0.1) is 0 Å². The maximum absolute atomic E-state index is 12.7. The Morgan fingerprint density at radius 2 is 1.12 bits per heavy atom. The van der Waals surface area contributed by atoms with E-state index in [4.69, 9.17) is 19.1 Å². The summed E-state index contributed by atoms with van der Waals surface area (Å²) in [6, 6.07) is 19.2. The van der Waals surface area contributed by atoms with Crippen LogP contribution in [0.15, 0.2) is 60.7 Å². The van der Waals surface area contributed by atoms with Crippen LogP contribution >= 0.6 is 0 Å². The number of benzene rings is 2. The molecule has 262 valence electrons. The molecule has 13 heteroatoms. The van der Waals surface area contributed by atoms with Crippen LogP contribution in [0.1, 0.15) is 76.3 Å². The molecule has 1 aliphatic rings. The molecule has 0 bridgehead atoms. The fraction of sp³-hybridized carbons (Fsp3) is 0.514. The van der Waals surface area contributed by atoms with Crippen molar-refractivity contribution in [2.75, 3.05) is 33.0 Å². The second-order valence-corrected chi connectivity index (χ2v) is 11.6. The highest BCUT2D eigenvalue weighted by Crippen LogP contribution is 2.28. The summed E-state index contributed by atoms with van der Waals surface area (Å²) in [5, 5.41) is 8.24. The molecule has 0 aliphatic carbocycles. The summed E-state index contributed by atoms with van der Waals surface area (Å²) in [6.07, 6.45) is 3.46. The van der Waals surface area contributed by atoms with E-state index in [-0.39, 0.29) is 31.4 Å². The molecule has 0 spiro atoms. The van der Waals surface area contributed by atoms with Gasteiger partial charge in [0.05, 0.1) is 12.8 Å². The second kappa shape index (κ2) is 20.8. The number of nitrogens with one attached hydrogen (secondary N) is 2. The predicted octanol–water partition coefficient (Wildman–Crippen LogP) is 3.57. The van der Waals surface area contributed by atoms with E-state index in [0.717, 1.165) is 24.0 Å². The summed E-state index contributed by atoms with van der Waals surface area (Å²) >= 11 is 0. The maximum Gasteiger partial charge on any atom is 0.341 e.